The van der Waals surface area contributed by atoms with Crippen molar-refractivity contribution in [2.75, 3.05) is 0 Å². The molecule has 0 spiro atoms. The van der Waals surface area contributed by atoms with Crippen molar-refractivity contribution in [2.45, 2.75) is 52.2 Å². The van der Waals surface area contributed by atoms with E-state index < -0.39 is 11.6 Å². The lowest BCUT2D eigenvalue weighted by molar-refractivity contribution is -0.129. The second-order valence-electron chi connectivity index (χ2n) is 5.12. The molecule has 1 atom stereocenters. The van der Waals surface area contributed by atoms with Crippen molar-refractivity contribution in [3.63, 3.8) is 0 Å². The van der Waals surface area contributed by atoms with Gasteiger partial charge in [-0.05, 0) is 20.3 Å². The molecule has 0 bridgehead atoms. The Morgan fingerprint density at radius 3 is 2.76 bits per heavy atom. The third kappa shape index (κ3) is 6.05. The molecular formula is C16H21ClN2O2. The van der Waals surface area contributed by atoms with E-state index in [1.165, 1.54) is 12.4 Å². The van der Waals surface area contributed by atoms with Crippen LogP contribution in [-0.4, -0.2) is 22.5 Å². The van der Waals surface area contributed by atoms with Gasteiger partial charge in [0, 0.05) is 18.7 Å². The van der Waals surface area contributed by atoms with Crippen LogP contribution < -0.4 is 10.1 Å². The van der Waals surface area contributed by atoms with Crippen LogP contribution in [0.4, 0.5) is 0 Å². The van der Waals surface area contributed by atoms with Crippen LogP contribution in [0.2, 0.25) is 5.02 Å². The van der Waals surface area contributed by atoms with E-state index in [1.807, 2.05) is 27.7 Å². The summed E-state index contributed by atoms with van der Waals surface area (Å²) >= 11 is 5.85. The fraction of sp³-hybridized carbons (Fsp3) is 0.500. The number of hydrogen-bond donors (Lipinski definition) is 1. The normalized spacial score (nSPS) is 12.0. The predicted molar refractivity (Wildman–Crippen MR) is 84.2 cm³/mol. The van der Waals surface area contributed by atoms with Gasteiger partial charge < -0.3 is 10.1 Å². The Hall–Kier alpha value is -1.73. The van der Waals surface area contributed by atoms with Crippen molar-refractivity contribution >= 4 is 17.5 Å². The van der Waals surface area contributed by atoms with Crippen LogP contribution in [-0.2, 0) is 4.79 Å². The Morgan fingerprint density at radius 1 is 1.48 bits per heavy atom. The number of carbonyl (C=O) groups is 1. The summed E-state index contributed by atoms with van der Waals surface area (Å²) in [6.45, 7) is 7.57. The summed E-state index contributed by atoms with van der Waals surface area (Å²) in [5.74, 6) is 6.27. The third-order valence-corrected chi connectivity index (χ3v) is 2.84. The number of hydrogen-bond acceptors (Lipinski definition) is 3. The molecule has 114 valence electrons. The van der Waals surface area contributed by atoms with Gasteiger partial charge in [0.2, 0.25) is 0 Å². The maximum Gasteiger partial charge on any atom is 0.262 e. The number of nitrogens with one attached hydrogen (secondary N) is 1. The number of amides is 1. The van der Waals surface area contributed by atoms with Gasteiger partial charge in [-0.15, -0.1) is 5.92 Å². The highest BCUT2D eigenvalue weighted by Crippen LogP contribution is 2.17. The first kappa shape index (κ1) is 17.3. The van der Waals surface area contributed by atoms with Gasteiger partial charge in [0.1, 0.15) is 5.75 Å². The molecule has 21 heavy (non-hydrogen) atoms. The van der Waals surface area contributed by atoms with Crippen LogP contribution in [0.5, 0.6) is 5.75 Å². The van der Waals surface area contributed by atoms with Crippen LogP contribution in [0.1, 0.15) is 40.5 Å². The summed E-state index contributed by atoms with van der Waals surface area (Å²) in [4.78, 5) is 16.2. The SMILES string of the molecule is CCC#CC(C)(C)NC(=O)C(CC)Oc1cncc(Cl)c1. The number of rotatable bonds is 5. The fourth-order valence-corrected chi connectivity index (χ4v) is 1.84. The molecule has 0 fully saturated rings. The maximum absolute atomic E-state index is 12.3. The smallest absolute Gasteiger partial charge is 0.262 e. The van der Waals surface area contributed by atoms with E-state index in [0.29, 0.717) is 17.2 Å². The highest BCUT2D eigenvalue weighted by atomic mass is 35.5. The average molecular weight is 309 g/mol. The highest BCUT2D eigenvalue weighted by molar-refractivity contribution is 6.30. The summed E-state index contributed by atoms with van der Waals surface area (Å²) in [7, 11) is 0. The van der Waals surface area contributed by atoms with E-state index in [1.54, 1.807) is 6.07 Å². The molecule has 1 unspecified atom stereocenters. The molecule has 4 nitrogen and oxygen atoms in total. The van der Waals surface area contributed by atoms with Crippen LogP contribution in [0, 0.1) is 11.8 Å². The van der Waals surface area contributed by atoms with Gasteiger partial charge >= 0.3 is 0 Å². The third-order valence-electron chi connectivity index (χ3n) is 2.63. The molecule has 1 N–H and O–H groups in total. The van der Waals surface area contributed by atoms with Crippen molar-refractivity contribution in [1.82, 2.24) is 10.3 Å². The van der Waals surface area contributed by atoms with E-state index in [9.17, 15) is 4.79 Å². The average Bonchev–Trinajstić information content (AvgIpc) is 2.42. The summed E-state index contributed by atoms with van der Waals surface area (Å²) < 4.78 is 5.65. The number of pyridine rings is 1. The van der Waals surface area contributed by atoms with E-state index in [-0.39, 0.29) is 5.91 Å². The zero-order valence-electron chi connectivity index (χ0n) is 12.9. The largest absolute Gasteiger partial charge is 0.479 e. The molecule has 0 aliphatic heterocycles. The molecular weight excluding hydrogens is 288 g/mol. The molecule has 0 saturated heterocycles. The van der Waals surface area contributed by atoms with Gasteiger partial charge in [-0.2, -0.15) is 0 Å². The minimum atomic E-state index is -0.604. The van der Waals surface area contributed by atoms with Crippen LogP contribution in [0.3, 0.4) is 0 Å². The summed E-state index contributed by atoms with van der Waals surface area (Å²) in [6, 6.07) is 1.63. The first-order valence-corrected chi connectivity index (χ1v) is 7.35. The van der Waals surface area contributed by atoms with E-state index in [0.717, 1.165) is 6.42 Å². The molecule has 1 aromatic heterocycles. The van der Waals surface area contributed by atoms with Gasteiger partial charge in [-0.3, -0.25) is 9.78 Å². The van der Waals surface area contributed by atoms with Gasteiger partial charge in [-0.1, -0.05) is 31.4 Å². The van der Waals surface area contributed by atoms with E-state index in [2.05, 4.69) is 22.1 Å². The van der Waals surface area contributed by atoms with Crippen molar-refractivity contribution in [2.24, 2.45) is 0 Å². The van der Waals surface area contributed by atoms with Crippen molar-refractivity contribution < 1.29 is 9.53 Å². The Bertz CT molecular complexity index is 547. The minimum absolute atomic E-state index is 0.201. The van der Waals surface area contributed by atoms with Crippen LogP contribution >= 0.6 is 11.6 Å². The molecule has 0 aliphatic carbocycles. The zero-order chi connectivity index (χ0) is 15.9. The second-order valence-corrected chi connectivity index (χ2v) is 5.56. The summed E-state index contributed by atoms with van der Waals surface area (Å²) in [6.07, 6.45) is 3.73. The van der Waals surface area contributed by atoms with Crippen molar-refractivity contribution in [3.8, 4) is 17.6 Å². The lowest BCUT2D eigenvalue weighted by Gasteiger charge is -2.24. The molecule has 1 amide bonds. The Kier molecular flexibility index (Phi) is 6.51. The number of carbonyl (C=O) groups excluding carboxylic acids is 1. The lowest BCUT2D eigenvalue weighted by Crippen LogP contribution is -2.48. The van der Waals surface area contributed by atoms with Crippen molar-refractivity contribution in [1.29, 1.82) is 0 Å². The lowest BCUT2D eigenvalue weighted by atomic mass is 10.1. The molecule has 0 aliphatic rings. The standard InChI is InChI=1S/C16H21ClN2O2/c1-5-7-8-16(3,4)19-15(20)14(6-2)21-13-9-12(17)10-18-11-13/h9-11,14H,5-6H2,1-4H3,(H,19,20). The van der Waals surface area contributed by atoms with Gasteiger partial charge in [0.25, 0.3) is 5.91 Å². The maximum atomic E-state index is 12.3. The Balaban J connectivity index is 2.73. The van der Waals surface area contributed by atoms with Gasteiger partial charge in [-0.25, -0.2) is 0 Å². The quantitative estimate of drug-likeness (QED) is 0.850. The van der Waals surface area contributed by atoms with Gasteiger partial charge in [0.15, 0.2) is 6.10 Å². The Morgan fingerprint density at radius 2 is 2.19 bits per heavy atom. The van der Waals surface area contributed by atoms with E-state index in [4.69, 9.17) is 16.3 Å². The Labute approximate surface area is 131 Å². The number of halogens is 1. The van der Waals surface area contributed by atoms with Gasteiger partial charge in [0.05, 0.1) is 16.8 Å². The number of nitrogens with zero attached hydrogens (tertiary/aromatic N) is 1. The number of aromatic nitrogens is 1. The topological polar surface area (TPSA) is 51.2 Å². The minimum Gasteiger partial charge on any atom is -0.479 e. The monoisotopic (exact) mass is 308 g/mol. The number of ether oxygens (including phenoxy) is 1. The molecule has 1 heterocycles. The second kappa shape index (κ2) is 7.90. The highest BCUT2D eigenvalue weighted by Gasteiger charge is 2.24. The molecule has 1 aromatic rings. The molecule has 0 aromatic carbocycles. The van der Waals surface area contributed by atoms with Crippen molar-refractivity contribution in [3.05, 3.63) is 23.5 Å². The van der Waals surface area contributed by atoms with E-state index >= 15 is 0 Å². The molecule has 0 radical (unpaired) electrons. The summed E-state index contributed by atoms with van der Waals surface area (Å²) in [5.41, 5.74) is -0.587. The fourth-order valence-electron chi connectivity index (χ4n) is 1.67. The molecule has 1 rings (SSSR count). The molecule has 5 heteroatoms. The van der Waals surface area contributed by atoms with Crippen LogP contribution in [0.15, 0.2) is 18.5 Å². The van der Waals surface area contributed by atoms with Crippen LogP contribution in [0.25, 0.3) is 0 Å². The first-order valence-electron chi connectivity index (χ1n) is 6.97. The predicted octanol–water partition coefficient (Wildman–Crippen LogP) is 3.20. The molecule has 0 saturated carbocycles. The zero-order valence-corrected chi connectivity index (χ0v) is 13.6. The first-order chi connectivity index (χ1) is 9.88. The summed E-state index contributed by atoms with van der Waals surface area (Å²) in [5, 5.41) is 3.36.